The van der Waals surface area contributed by atoms with Crippen molar-refractivity contribution in [3.05, 3.63) is 34.6 Å². The van der Waals surface area contributed by atoms with Crippen molar-refractivity contribution < 1.29 is 19.0 Å². The molecule has 98 valence electrons. The van der Waals surface area contributed by atoms with Crippen LogP contribution in [0.3, 0.4) is 0 Å². The third-order valence-corrected chi connectivity index (χ3v) is 3.15. The highest BCUT2D eigenvalue weighted by Gasteiger charge is 2.32. The first-order valence-corrected chi connectivity index (χ1v) is 5.92. The number of aliphatic hydroxyl groups is 1. The van der Waals surface area contributed by atoms with Gasteiger partial charge >= 0.3 is 0 Å². The first kappa shape index (κ1) is 13.3. The molecule has 1 aliphatic heterocycles. The Bertz CT molecular complexity index is 461. The number of ether oxygens (including phenoxy) is 1. The van der Waals surface area contributed by atoms with E-state index in [1.165, 1.54) is 18.2 Å². The molecule has 0 spiro atoms. The van der Waals surface area contributed by atoms with E-state index in [1.807, 2.05) is 0 Å². The van der Waals surface area contributed by atoms with Crippen molar-refractivity contribution in [2.24, 2.45) is 0 Å². The van der Waals surface area contributed by atoms with Crippen LogP contribution in [-0.4, -0.2) is 36.4 Å². The third kappa shape index (κ3) is 2.80. The summed E-state index contributed by atoms with van der Waals surface area (Å²) < 4.78 is 18.6. The van der Waals surface area contributed by atoms with Crippen LogP contribution in [-0.2, 0) is 4.74 Å². The number of carbonyl (C=O) groups excluding carboxylic acids is 1. The van der Waals surface area contributed by atoms with Crippen molar-refractivity contribution in [3.8, 4) is 0 Å². The van der Waals surface area contributed by atoms with E-state index in [1.54, 1.807) is 0 Å². The Balaban J connectivity index is 2.01. The first-order chi connectivity index (χ1) is 8.52. The molecule has 2 N–H and O–H groups in total. The number of amides is 1. The van der Waals surface area contributed by atoms with E-state index in [0.29, 0.717) is 13.0 Å². The first-order valence-electron chi connectivity index (χ1n) is 5.54. The van der Waals surface area contributed by atoms with E-state index < -0.39 is 17.3 Å². The van der Waals surface area contributed by atoms with Crippen molar-refractivity contribution in [2.75, 3.05) is 19.8 Å². The smallest absolute Gasteiger partial charge is 0.254 e. The monoisotopic (exact) mass is 273 g/mol. The molecule has 4 nitrogen and oxygen atoms in total. The maximum Gasteiger partial charge on any atom is 0.254 e. The number of hydrogen-bond donors (Lipinski definition) is 2. The fourth-order valence-electron chi connectivity index (χ4n) is 1.76. The molecule has 1 unspecified atom stereocenters. The predicted octanol–water partition coefficient (Wildman–Crippen LogP) is 1.36. The van der Waals surface area contributed by atoms with Gasteiger partial charge in [-0.2, -0.15) is 0 Å². The van der Waals surface area contributed by atoms with Crippen LogP contribution in [0.15, 0.2) is 18.2 Å². The third-order valence-electron chi connectivity index (χ3n) is 2.86. The Labute approximate surface area is 109 Å². The standard InChI is InChI=1S/C12H13ClFNO3/c13-9-3-1-2-8(10(9)14)11(16)15-6-12(17)4-5-18-7-12/h1-3,17H,4-7H2,(H,15,16). The van der Waals surface area contributed by atoms with Gasteiger partial charge in [0, 0.05) is 19.6 Å². The van der Waals surface area contributed by atoms with Gasteiger partial charge in [-0.1, -0.05) is 17.7 Å². The van der Waals surface area contributed by atoms with Crippen LogP contribution in [0, 0.1) is 5.82 Å². The van der Waals surface area contributed by atoms with Crippen LogP contribution in [0.5, 0.6) is 0 Å². The highest BCUT2D eigenvalue weighted by molar-refractivity contribution is 6.31. The molecular weight excluding hydrogens is 261 g/mol. The van der Waals surface area contributed by atoms with Crippen LogP contribution >= 0.6 is 11.6 Å². The second-order valence-electron chi connectivity index (χ2n) is 4.31. The zero-order valence-electron chi connectivity index (χ0n) is 9.58. The van der Waals surface area contributed by atoms with Gasteiger partial charge in [0.25, 0.3) is 5.91 Å². The van der Waals surface area contributed by atoms with E-state index in [9.17, 15) is 14.3 Å². The average molecular weight is 274 g/mol. The van der Waals surface area contributed by atoms with Crippen LogP contribution in [0.25, 0.3) is 0 Å². The van der Waals surface area contributed by atoms with Gasteiger partial charge in [-0.25, -0.2) is 4.39 Å². The van der Waals surface area contributed by atoms with Crippen LogP contribution in [0.4, 0.5) is 4.39 Å². The van der Waals surface area contributed by atoms with Gasteiger partial charge in [0.2, 0.25) is 0 Å². The van der Waals surface area contributed by atoms with E-state index in [-0.39, 0.29) is 23.7 Å². The summed E-state index contributed by atoms with van der Waals surface area (Å²) in [6.45, 7) is 0.654. The van der Waals surface area contributed by atoms with Crippen LogP contribution < -0.4 is 5.32 Å². The summed E-state index contributed by atoms with van der Waals surface area (Å²) in [4.78, 5) is 11.8. The molecule has 0 aromatic heterocycles. The van der Waals surface area contributed by atoms with Crippen molar-refractivity contribution in [1.82, 2.24) is 5.32 Å². The molecule has 2 rings (SSSR count). The summed E-state index contributed by atoms with van der Waals surface area (Å²) in [6, 6.07) is 4.20. The maximum absolute atomic E-state index is 13.6. The molecule has 0 saturated carbocycles. The number of nitrogens with one attached hydrogen (secondary N) is 1. The van der Waals surface area contributed by atoms with Gasteiger partial charge in [0.05, 0.1) is 17.2 Å². The Morgan fingerprint density at radius 1 is 1.61 bits per heavy atom. The molecule has 1 fully saturated rings. The van der Waals surface area contributed by atoms with Gasteiger partial charge in [0.15, 0.2) is 5.82 Å². The van der Waals surface area contributed by atoms with Crippen molar-refractivity contribution in [1.29, 1.82) is 0 Å². The number of rotatable bonds is 3. The average Bonchev–Trinajstić information content (AvgIpc) is 2.77. The normalized spacial score (nSPS) is 23.1. The molecule has 6 heteroatoms. The van der Waals surface area contributed by atoms with Gasteiger partial charge in [0.1, 0.15) is 5.60 Å². The molecule has 1 heterocycles. The molecule has 18 heavy (non-hydrogen) atoms. The Morgan fingerprint density at radius 2 is 2.39 bits per heavy atom. The summed E-state index contributed by atoms with van der Waals surface area (Å²) in [5.74, 6) is -1.36. The van der Waals surface area contributed by atoms with Crippen LogP contribution in [0.1, 0.15) is 16.8 Å². The second kappa shape index (κ2) is 5.22. The molecule has 0 radical (unpaired) electrons. The van der Waals surface area contributed by atoms with Crippen molar-refractivity contribution in [3.63, 3.8) is 0 Å². The van der Waals surface area contributed by atoms with Crippen molar-refractivity contribution >= 4 is 17.5 Å². The molecular formula is C12H13ClFNO3. The number of benzene rings is 1. The van der Waals surface area contributed by atoms with Gasteiger partial charge < -0.3 is 15.2 Å². The van der Waals surface area contributed by atoms with Crippen molar-refractivity contribution in [2.45, 2.75) is 12.0 Å². The summed E-state index contributed by atoms with van der Waals surface area (Å²) in [5, 5.41) is 12.3. The van der Waals surface area contributed by atoms with E-state index in [0.717, 1.165) is 0 Å². The number of carbonyl (C=O) groups is 1. The quantitative estimate of drug-likeness (QED) is 0.874. The molecule has 0 aliphatic carbocycles. The topological polar surface area (TPSA) is 58.6 Å². The summed E-state index contributed by atoms with van der Waals surface area (Å²) in [7, 11) is 0. The van der Waals surface area contributed by atoms with Gasteiger partial charge in [-0.05, 0) is 12.1 Å². The predicted molar refractivity (Wildman–Crippen MR) is 64.1 cm³/mol. The molecule has 0 bridgehead atoms. The lowest BCUT2D eigenvalue weighted by molar-refractivity contribution is 0.0264. The summed E-state index contributed by atoms with van der Waals surface area (Å²) in [6.07, 6.45) is 0.450. The largest absolute Gasteiger partial charge is 0.386 e. The highest BCUT2D eigenvalue weighted by atomic mass is 35.5. The molecule has 1 aliphatic rings. The van der Waals surface area contributed by atoms with Gasteiger partial charge in [-0.15, -0.1) is 0 Å². The lowest BCUT2D eigenvalue weighted by atomic mass is 10.0. The molecule has 1 atom stereocenters. The maximum atomic E-state index is 13.6. The van der Waals surface area contributed by atoms with E-state index in [4.69, 9.17) is 16.3 Å². The molecule has 1 amide bonds. The fourth-order valence-corrected chi connectivity index (χ4v) is 1.93. The lowest BCUT2D eigenvalue weighted by Gasteiger charge is -2.20. The SMILES string of the molecule is O=C(NCC1(O)CCOC1)c1cccc(Cl)c1F. The zero-order valence-corrected chi connectivity index (χ0v) is 10.3. The molecule has 1 aromatic carbocycles. The van der Waals surface area contributed by atoms with Crippen LogP contribution in [0.2, 0.25) is 5.02 Å². The Hall–Kier alpha value is -1.17. The van der Waals surface area contributed by atoms with E-state index in [2.05, 4.69) is 5.32 Å². The lowest BCUT2D eigenvalue weighted by Crippen LogP contribution is -2.43. The van der Waals surface area contributed by atoms with Gasteiger partial charge in [-0.3, -0.25) is 4.79 Å². The Kier molecular flexibility index (Phi) is 3.85. The Morgan fingerprint density at radius 3 is 3.06 bits per heavy atom. The second-order valence-corrected chi connectivity index (χ2v) is 4.72. The zero-order chi connectivity index (χ0) is 13.2. The number of halogens is 2. The summed E-state index contributed by atoms with van der Waals surface area (Å²) in [5.41, 5.74) is -1.20. The fraction of sp³-hybridized carbons (Fsp3) is 0.417. The summed E-state index contributed by atoms with van der Waals surface area (Å²) >= 11 is 5.59. The minimum atomic E-state index is -1.06. The molecule has 1 aromatic rings. The molecule has 1 saturated heterocycles. The van der Waals surface area contributed by atoms with E-state index >= 15 is 0 Å². The minimum absolute atomic E-state index is 0.0256. The highest BCUT2D eigenvalue weighted by Crippen LogP contribution is 2.19. The number of hydrogen-bond acceptors (Lipinski definition) is 3. The minimum Gasteiger partial charge on any atom is -0.386 e.